The highest BCUT2D eigenvalue weighted by Crippen LogP contribution is 2.26. The van der Waals surface area contributed by atoms with E-state index in [1.54, 1.807) is 16.0 Å². The topological polar surface area (TPSA) is 97.4 Å². The summed E-state index contributed by atoms with van der Waals surface area (Å²) in [5.74, 6) is 1.37. The molecule has 1 amide bonds. The van der Waals surface area contributed by atoms with Crippen LogP contribution in [-0.2, 0) is 11.3 Å². The van der Waals surface area contributed by atoms with Gasteiger partial charge in [0.2, 0.25) is 11.8 Å². The molecule has 9 heteroatoms. The van der Waals surface area contributed by atoms with Gasteiger partial charge in [0.15, 0.2) is 5.82 Å². The maximum Gasteiger partial charge on any atom is 0.269 e. The number of piperidine rings is 1. The zero-order valence-electron chi connectivity index (χ0n) is 16.3. The second kappa shape index (κ2) is 7.89. The molecule has 1 saturated heterocycles. The molecule has 0 saturated carbocycles. The van der Waals surface area contributed by atoms with Crippen LogP contribution in [0.1, 0.15) is 50.2 Å². The Morgan fingerprint density at radius 1 is 1.41 bits per heavy atom. The molecule has 146 valence electrons. The van der Waals surface area contributed by atoms with Crippen molar-refractivity contribution in [2.24, 2.45) is 0 Å². The summed E-state index contributed by atoms with van der Waals surface area (Å²) < 4.78 is 6.59. The summed E-state index contributed by atoms with van der Waals surface area (Å²) in [5.41, 5.74) is 0.417. The van der Waals surface area contributed by atoms with Gasteiger partial charge in [0.05, 0.1) is 17.8 Å². The van der Waals surface area contributed by atoms with Gasteiger partial charge in [-0.3, -0.25) is 9.59 Å². The molecule has 27 heavy (non-hydrogen) atoms. The SMILES string of the molecule is CC(C)c1noc([C@@H]2CCCN(C(=O)Cn3ncc(N(C)C)cc3=O)C2)n1. The van der Waals surface area contributed by atoms with Crippen LogP contribution in [0.5, 0.6) is 0 Å². The molecule has 0 N–H and O–H groups in total. The van der Waals surface area contributed by atoms with Crippen LogP contribution in [0.25, 0.3) is 0 Å². The standard InChI is InChI=1S/C18H26N6O3/c1-12(2)17-20-18(27-21-17)13-6-5-7-23(10-13)16(26)11-24-15(25)8-14(9-19-24)22(3)4/h8-9,12-13H,5-7,10-11H2,1-4H3/t13-/m1/s1. The molecule has 0 spiro atoms. The van der Waals surface area contributed by atoms with Gasteiger partial charge in [-0.2, -0.15) is 10.1 Å². The maximum absolute atomic E-state index is 12.7. The predicted molar refractivity (Wildman–Crippen MR) is 99.8 cm³/mol. The molecule has 3 rings (SSSR count). The lowest BCUT2D eigenvalue weighted by molar-refractivity contribution is -0.133. The average molecular weight is 374 g/mol. The number of anilines is 1. The number of hydrogen-bond donors (Lipinski definition) is 0. The Labute approximate surface area is 158 Å². The number of rotatable bonds is 5. The number of likely N-dealkylation sites (tertiary alicyclic amines) is 1. The minimum atomic E-state index is -0.290. The maximum atomic E-state index is 12.7. The Balaban J connectivity index is 1.67. The third-order valence-corrected chi connectivity index (χ3v) is 4.75. The van der Waals surface area contributed by atoms with E-state index in [9.17, 15) is 9.59 Å². The van der Waals surface area contributed by atoms with E-state index < -0.39 is 0 Å². The molecule has 9 nitrogen and oxygen atoms in total. The molecular formula is C18H26N6O3. The molecule has 1 fully saturated rings. The highest BCUT2D eigenvalue weighted by atomic mass is 16.5. The van der Waals surface area contributed by atoms with Crippen LogP contribution in [0.4, 0.5) is 5.69 Å². The van der Waals surface area contributed by atoms with Gasteiger partial charge in [-0.05, 0) is 12.8 Å². The van der Waals surface area contributed by atoms with Crippen molar-refractivity contribution in [1.29, 1.82) is 0 Å². The van der Waals surface area contributed by atoms with Crippen molar-refractivity contribution in [2.45, 2.75) is 45.1 Å². The normalized spacial score (nSPS) is 17.4. The van der Waals surface area contributed by atoms with Crippen molar-refractivity contribution in [2.75, 3.05) is 32.1 Å². The van der Waals surface area contributed by atoms with Gasteiger partial charge < -0.3 is 14.3 Å². The second-order valence-corrected chi connectivity index (χ2v) is 7.43. The Morgan fingerprint density at radius 2 is 2.19 bits per heavy atom. The molecule has 0 aliphatic carbocycles. The number of carbonyl (C=O) groups is 1. The molecule has 1 aliphatic rings. The summed E-state index contributed by atoms with van der Waals surface area (Å²) in [5, 5.41) is 8.12. The van der Waals surface area contributed by atoms with Crippen LogP contribution in [0.2, 0.25) is 0 Å². The summed E-state index contributed by atoms with van der Waals surface area (Å²) in [6.45, 7) is 5.13. The van der Waals surface area contributed by atoms with Crippen molar-refractivity contribution in [1.82, 2.24) is 24.8 Å². The quantitative estimate of drug-likeness (QED) is 0.776. The lowest BCUT2D eigenvalue weighted by atomic mass is 9.98. The Hall–Kier alpha value is -2.71. The number of hydrogen-bond acceptors (Lipinski definition) is 7. The Bertz CT molecular complexity index is 857. The summed E-state index contributed by atoms with van der Waals surface area (Å²) in [7, 11) is 3.67. The van der Waals surface area contributed by atoms with Crippen LogP contribution in [0, 0.1) is 0 Å². The van der Waals surface area contributed by atoms with Crippen LogP contribution in [0.3, 0.4) is 0 Å². The lowest BCUT2D eigenvalue weighted by Gasteiger charge is -2.31. The van der Waals surface area contributed by atoms with Gasteiger partial charge in [-0.25, -0.2) is 4.68 Å². The first-order chi connectivity index (χ1) is 12.8. The van der Waals surface area contributed by atoms with Crippen molar-refractivity contribution in [3.8, 4) is 0 Å². The molecule has 0 bridgehead atoms. The second-order valence-electron chi connectivity index (χ2n) is 7.43. The number of aromatic nitrogens is 4. The number of amides is 1. The van der Waals surface area contributed by atoms with Gasteiger partial charge in [0, 0.05) is 39.2 Å². The van der Waals surface area contributed by atoms with E-state index in [2.05, 4.69) is 15.2 Å². The highest BCUT2D eigenvalue weighted by molar-refractivity contribution is 5.76. The first-order valence-electron chi connectivity index (χ1n) is 9.21. The first kappa shape index (κ1) is 19.1. The molecule has 2 aromatic rings. The lowest BCUT2D eigenvalue weighted by Crippen LogP contribution is -2.42. The molecular weight excluding hydrogens is 348 g/mol. The van der Waals surface area contributed by atoms with Crippen LogP contribution >= 0.6 is 0 Å². The van der Waals surface area contributed by atoms with E-state index in [0.717, 1.165) is 12.8 Å². The van der Waals surface area contributed by atoms with Crippen molar-refractivity contribution >= 4 is 11.6 Å². The van der Waals surface area contributed by atoms with E-state index in [0.29, 0.717) is 30.5 Å². The fourth-order valence-corrected chi connectivity index (χ4v) is 3.07. The van der Waals surface area contributed by atoms with Gasteiger partial charge >= 0.3 is 0 Å². The summed E-state index contributed by atoms with van der Waals surface area (Å²) in [6, 6.07) is 1.48. The van der Waals surface area contributed by atoms with E-state index >= 15 is 0 Å². The molecule has 0 aromatic carbocycles. The average Bonchev–Trinajstić information content (AvgIpc) is 3.14. The van der Waals surface area contributed by atoms with E-state index in [4.69, 9.17) is 4.52 Å². The van der Waals surface area contributed by atoms with Gasteiger partial charge in [0.25, 0.3) is 5.56 Å². The summed E-state index contributed by atoms with van der Waals surface area (Å²) in [4.78, 5) is 32.9. The zero-order valence-corrected chi connectivity index (χ0v) is 16.3. The van der Waals surface area contributed by atoms with Crippen molar-refractivity contribution in [3.63, 3.8) is 0 Å². The molecule has 0 unspecified atom stereocenters. The van der Waals surface area contributed by atoms with E-state index in [-0.39, 0.29) is 29.8 Å². The monoisotopic (exact) mass is 374 g/mol. The summed E-state index contributed by atoms with van der Waals surface area (Å²) in [6.07, 6.45) is 3.34. The first-order valence-corrected chi connectivity index (χ1v) is 9.21. The fourth-order valence-electron chi connectivity index (χ4n) is 3.07. The van der Waals surface area contributed by atoms with Gasteiger partial charge in [0.1, 0.15) is 6.54 Å². The predicted octanol–water partition coefficient (Wildman–Crippen LogP) is 1.22. The van der Waals surface area contributed by atoms with E-state index in [1.807, 2.05) is 27.9 Å². The van der Waals surface area contributed by atoms with Crippen LogP contribution < -0.4 is 10.5 Å². The van der Waals surface area contributed by atoms with Crippen molar-refractivity contribution < 1.29 is 9.32 Å². The third kappa shape index (κ3) is 4.35. The Morgan fingerprint density at radius 3 is 2.81 bits per heavy atom. The van der Waals surface area contributed by atoms with Gasteiger partial charge in [-0.1, -0.05) is 19.0 Å². The largest absolute Gasteiger partial charge is 0.376 e. The van der Waals surface area contributed by atoms with Gasteiger partial charge in [-0.15, -0.1) is 0 Å². The minimum absolute atomic E-state index is 0.0310. The van der Waals surface area contributed by atoms with Crippen molar-refractivity contribution in [3.05, 3.63) is 34.3 Å². The zero-order chi connectivity index (χ0) is 19.6. The molecule has 1 aliphatic heterocycles. The number of nitrogens with zero attached hydrogens (tertiary/aromatic N) is 6. The smallest absolute Gasteiger partial charge is 0.269 e. The molecule has 2 aromatic heterocycles. The fraction of sp³-hybridized carbons (Fsp3) is 0.611. The summed E-state index contributed by atoms with van der Waals surface area (Å²) >= 11 is 0. The van der Waals surface area contributed by atoms with Crippen LogP contribution in [-0.4, -0.2) is 57.9 Å². The molecule has 0 radical (unpaired) electrons. The highest BCUT2D eigenvalue weighted by Gasteiger charge is 2.29. The third-order valence-electron chi connectivity index (χ3n) is 4.75. The Kier molecular flexibility index (Phi) is 5.57. The molecule has 1 atom stereocenters. The molecule has 3 heterocycles. The number of carbonyl (C=O) groups excluding carboxylic acids is 1. The minimum Gasteiger partial charge on any atom is -0.376 e. The van der Waals surface area contributed by atoms with E-state index in [1.165, 1.54) is 10.7 Å². The van der Waals surface area contributed by atoms with Crippen LogP contribution in [0.15, 0.2) is 21.6 Å².